The minimum atomic E-state index is 0.217. The van der Waals surface area contributed by atoms with Gasteiger partial charge >= 0.3 is 0 Å². The smallest absolute Gasteiger partial charge is 0.161 e. The second-order valence-electron chi connectivity index (χ2n) is 5.43. The molecule has 1 aromatic rings. The van der Waals surface area contributed by atoms with E-state index in [-0.39, 0.29) is 6.04 Å². The van der Waals surface area contributed by atoms with E-state index in [2.05, 4.69) is 26.0 Å². The first-order chi connectivity index (χ1) is 8.65. The highest BCUT2D eigenvalue weighted by Gasteiger charge is 2.12. The Morgan fingerprint density at radius 2 is 1.89 bits per heavy atom. The molecule has 0 saturated heterocycles. The highest BCUT2D eigenvalue weighted by Crippen LogP contribution is 2.30. The van der Waals surface area contributed by atoms with Crippen molar-refractivity contribution < 1.29 is 9.47 Å². The Morgan fingerprint density at radius 3 is 2.61 bits per heavy atom. The van der Waals surface area contributed by atoms with Gasteiger partial charge in [-0.3, -0.25) is 0 Å². The van der Waals surface area contributed by atoms with E-state index in [1.807, 2.05) is 6.07 Å². The molecular weight excluding hydrogens is 226 g/mol. The van der Waals surface area contributed by atoms with Crippen molar-refractivity contribution in [3.05, 3.63) is 23.8 Å². The molecule has 2 N–H and O–H groups in total. The Balaban J connectivity index is 2.03. The van der Waals surface area contributed by atoms with Crippen LogP contribution in [0.25, 0.3) is 0 Å². The van der Waals surface area contributed by atoms with Crippen molar-refractivity contribution in [1.29, 1.82) is 0 Å². The molecule has 1 aliphatic heterocycles. The molecule has 0 aliphatic carbocycles. The molecule has 0 radical (unpaired) electrons. The van der Waals surface area contributed by atoms with Crippen LogP contribution < -0.4 is 15.2 Å². The van der Waals surface area contributed by atoms with E-state index in [4.69, 9.17) is 15.2 Å². The van der Waals surface area contributed by atoms with Crippen molar-refractivity contribution in [2.75, 3.05) is 13.2 Å². The fourth-order valence-corrected chi connectivity index (χ4v) is 2.33. The van der Waals surface area contributed by atoms with Crippen molar-refractivity contribution in [2.45, 2.75) is 39.2 Å². The Morgan fingerprint density at radius 1 is 1.17 bits per heavy atom. The highest BCUT2D eigenvalue weighted by atomic mass is 16.5. The van der Waals surface area contributed by atoms with Gasteiger partial charge in [0.1, 0.15) is 0 Å². The summed E-state index contributed by atoms with van der Waals surface area (Å²) in [6.07, 6.45) is 2.89. The molecule has 0 saturated carbocycles. The molecule has 1 unspecified atom stereocenters. The van der Waals surface area contributed by atoms with Gasteiger partial charge in [-0.2, -0.15) is 0 Å². The molecule has 1 aliphatic rings. The van der Waals surface area contributed by atoms with Crippen LogP contribution in [0.4, 0.5) is 0 Å². The predicted octanol–water partition coefficient (Wildman–Crippen LogP) is 2.76. The summed E-state index contributed by atoms with van der Waals surface area (Å²) in [7, 11) is 0. The highest BCUT2D eigenvalue weighted by molar-refractivity contribution is 5.43. The minimum Gasteiger partial charge on any atom is -0.490 e. The summed E-state index contributed by atoms with van der Waals surface area (Å²) in [5.74, 6) is 2.36. The zero-order valence-electron chi connectivity index (χ0n) is 11.3. The quantitative estimate of drug-likeness (QED) is 0.892. The Hall–Kier alpha value is -1.22. The second kappa shape index (κ2) is 6.10. The van der Waals surface area contributed by atoms with Gasteiger partial charge in [0, 0.05) is 12.5 Å². The number of rotatable bonds is 4. The lowest BCUT2D eigenvalue weighted by molar-refractivity contribution is 0.297. The molecule has 0 bridgehead atoms. The third-order valence-electron chi connectivity index (χ3n) is 3.08. The third kappa shape index (κ3) is 3.64. The molecule has 0 amide bonds. The summed E-state index contributed by atoms with van der Waals surface area (Å²) in [6.45, 7) is 5.87. The first-order valence-corrected chi connectivity index (χ1v) is 6.79. The molecule has 3 nitrogen and oxygen atoms in total. The monoisotopic (exact) mass is 249 g/mol. The zero-order chi connectivity index (χ0) is 13.0. The molecular formula is C15H23NO2. The summed E-state index contributed by atoms with van der Waals surface area (Å²) in [4.78, 5) is 0. The first-order valence-electron chi connectivity index (χ1n) is 6.79. The Kier molecular flexibility index (Phi) is 4.48. The van der Waals surface area contributed by atoms with E-state index >= 15 is 0 Å². The number of fused-ring (bicyclic) bond motifs is 1. The van der Waals surface area contributed by atoms with Gasteiger partial charge in [-0.25, -0.2) is 0 Å². The van der Waals surface area contributed by atoms with Crippen LogP contribution in [0.15, 0.2) is 18.2 Å². The lowest BCUT2D eigenvalue weighted by Crippen LogP contribution is -2.24. The van der Waals surface area contributed by atoms with Crippen molar-refractivity contribution in [3.63, 3.8) is 0 Å². The van der Waals surface area contributed by atoms with Gasteiger partial charge in [-0.05, 0) is 36.5 Å². The summed E-state index contributed by atoms with van der Waals surface area (Å²) >= 11 is 0. The van der Waals surface area contributed by atoms with Crippen molar-refractivity contribution in [3.8, 4) is 11.5 Å². The summed E-state index contributed by atoms with van der Waals surface area (Å²) in [5.41, 5.74) is 7.37. The van der Waals surface area contributed by atoms with Crippen molar-refractivity contribution in [2.24, 2.45) is 11.7 Å². The van der Waals surface area contributed by atoms with Crippen molar-refractivity contribution in [1.82, 2.24) is 0 Å². The molecule has 1 aromatic carbocycles. The summed E-state index contributed by atoms with van der Waals surface area (Å²) < 4.78 is 11.3. The van der Waals surface area contributed by atoms with Crippen LogP contribution in [0.1, 0.15) is 32.3 Å². The first kappa shape index (κ1) is 13.2. The van der Waals surface area contributed by atoms with Crippen LogP contribution in [-0.2, 0) is 6.42 Å². The van der Waals surface area contributed by atoms with Crippen LogP contribution in [0, 0.1) is 5.92 Å². The van der Waals surface area contributed by atoms with Gasteiger partial charge in [0.25, 0.3) is 0 Å². The largest absolute Gasteiger partial charge is 0.490 e. The maximum absolute atomic E-state index is 6.14. The standard InChI is InChI=1S/C15H23NO2/c1-11(2)8-13(16)9-12-4-5-14-15(10-12)18-7-3-6-17-14/h4-5,10-11,13H,3,6-9,16H2,1-2H3. The molecule has 0 fully saturated rings. The molecule has 18 heavy (non-hydrogen) atoms. The van der Waals surface area contributed by atoms with Crippen molar-refractivity contribution >= 4 is 0 Å². The average Bonchev–Trinajstić information content (AvgIpc) is 2.52. The molecule has 1 atom stereocenters. The number of hydrogen-bond acceptors (Lipinski definition) is 3. The Bertz CT molecular complexity index is 390. The van der Waals surface area contributed by atoms with Gasteiger partial charge in [0.15, 0.2) is 11.5 Å². The number of hydrogen-bond donors (Lipinski definition) is 1. The van der Waals surface area contributed by atoms with E-state index in [9.17, 15) is 0 Å². The summed E-state index contributed by atoms with van der Waals surface area (Å²) in [5, 5.41) is 0. The number of nitrogens with two attached hydrogens (primary N) is 1. The molecule has 1 heterocycles. The average molecular weight is 249 g/mol. The number of benzene rings is 1. The SMILES string of the molecule is CC(C)CC(N)Cc1ccc2c(c1)OCCCO2. The van der Waals surface area contributed by atoms with Gasteiger partial charge in [0.2, 0.25) is 0 Å². The van der Waals surface area contributed by atoms with Crippen LogP contribution >= 0.6 is 0 Å². The van der Waals surface area contributed by atoms with Crippen LogP contribution in [-0.4, -0.2) is 19.3 Å². The molecule has 0 spiro atoms. The zero-order valence-corrected chi connectivity index (χ0v) is 11.3. The van der Waals surface area contributed by atoms with Gasteiger partial charge in [0.05, 0.1) is 13.2 Å². The van der Waals surface area contributed by atoms with E-state index in [0.29, 0.717) is 5.92 Å². The maximum Gasteiger partial charge on any atom is 0.161 e. The topological polar surface area (TPSA) is 44.5 Å². The normalized spacial score (nSPS) is 16.4. The molecule has 3 heteroatoms. The van der Waals surface area contributed by atoms with E-state index < -0.39 is 0 Å². The van der Waals surface area contributed by atoms with E-state index in [1.165, 1.54) is 5.56 Å². The van der Waals surface area contributed by atoms with E-state index in [0.717, 1.165) is 44.0 Å². The minimum absolute atomic E-state index is 0.217. The Labute approximate surface area is 109 Å². The third-order valence-corrected chi connectivity index (χ3v) is 3.08. The van der Waals surface area contributed by atoms with Crippen LogP contribution in [0.2, 0.25) is 0 Å². The summed E-state index contributed by atoms with van der Waals surface area (Å²) in [6, 6.07) is 6.38. The molecule has 2 rings (SSSR count). The predicted molar refractivity (Wildman–Crippen MR) is 73.2 cm³/mol. The molecule has 0 aromatic heterocycles. The lowest BCUT2D eigenvalue weighted by atomic mass is 9.98. The van der Waals surface area contributed by atoms with Crippen LogP contribution in [0.5, 0.6) is 11.5 Å². The fourth-order valence-electron chi connectivity index (χ4n) is 2.33. The van der Waals surface area contributed by atoms with Crippen LogP contribution in [0.3, 0.4) is 0 Å². The number of ether oxygens (including phenoxy) is 2. The maximum atomic E-state index is 6.14. The second-order valence-corrected chi connectivity index (χ2v) is 5.43. The van der Waals surface area contributed by atoms with E-state index in [1.54, 1.807) is 0 Å². The van der Waals surface area contributed by atoms with Gasteiger partial charge in [-0.1, -0.05) is 19.9 Å². The van der Waals surface area contributed by atoms with Gasteiger partial charge in [-0.15, -0.1) is 0 Å². The lowest BCUT2D eigenvalue weighted by Gasteiger charge is -2.15. The fraction of sp³-hybridized carbons (Fsp3) is 0.600. The molecule has 100 valence electrons. The van der Waals surface area contributed by atoms with Gasteiger partial charge < -0.3 is 15.2 Å².